The van der Waals surface area contributed by atoms with Crippen molar-refractivity contribution in [2.75, 3.05) is 0 Å². The van der Waals surface area contributed by atoms with Gasteiger partial charge in [0.1, 0.15) is 0 Å². The highest BCUT2D eigenvalue weighted by atomic mass is 32.2. The highest BCUT2D eigenvalue weighted by Crippen LogP contribution is 2.53. The maximum atomic E-state index is 5.77. The first kappa shape index (κ1) is 18.8. The van der Waals surface area contributed by atoms with E-state index in [0.29, 0.717) is 0 Å². The molecule has 128 valence electrons. The van der Waals surface area contributed by atoms with Gasteiger partial charge in [-0.25, -0.2) is 11.9 Å². The second-order valence-corrected chi connectivity index (χ2v) is 8.79. The molecule has 7 heteroatoms. The van der Waals surface area contributed by atoms with Gasteiger partial charge in [0.25, 0.3) is 0 Å². The van der Waals surface area contributed by atoms with Crippen LogP contribution in [-0.4, -0.2) is 0 Å². The Morgan fingerprint density at radius 1 is 0.440 bits per heavy atom. The summed E-state index contributed by atoms with van der Waals surface area (Å²) in [5, 5.41) is 0. The first-order chi connectivity index (χ1) is 12.4. The summed E-state index contributed by atoms with van der Waals surface area (Å²) in [4.78, 5) is 2.99. The minimum absolute atomic E-state index is 0.997. The monoisotopic (exact) mass is 406 g/mol. The van der Waals surface area contributed by atoms with E-state index in [2.05, 4.69) is 0 Å². The van der Waals surface area contributed by atoms with Crippen molar-refractivity contribution in [3.8, 4) is 0 Å². The number of hydrogen-bond donors (Lipinski definition) is 0. The molecule has 3 nitrogen and oxygen atoms in total. The van der Waals surface area contributed by atoms with Crippen LogP contribution in [-0.2, 0) is 11.9 Å². The molecule has 0 aliphatic rings. The van der Waals surface area contributed by atoms with Gasteiger partial charge in [-0.2, -0.15) is 0 Å². The quantitative estimate of drug-likeness (QED) is 0.272. The predicted molar refractivity (Wildman–Crippen MR) is 107 cm³/mol. The minimum Gasteiger partial charge on any atom is -0.234 e. The summed E-state index contributed by atoms with van der Waals surface area (Å²) in [6, 6.07) is 29.6. The van der Waals surface area contributed by atoms with Crippen LogP contribution in [0.3, 0.4) is 0 Å². The largest absolute Gasteiger partial charge is 0.370 e. The fourth-order valence-electron chi connectivity index (χ4n) is 1.69. The van der Waals surface area contributed by atoms with Gasteiger partial charge in [0, 0.05) is 50.8 Å². The molecule has 0 saturated carbocycles. The summed E-state index contributed by atoms with van der Waals surface area (Å²) < 4.78 is 17.3. The molecular formula is C18H15O3PS3. The lowest BCUT2D eigenvalue weighted by atomic mass is 10.4. The van der Waals surface area contributed by atoms with Crippen molar-refractivity contribution >= 4 is 44.7 Å². The molecule has 0 aliphatic heterocycles. The van der Waals surface area contributed by atoms with Gasteiger partial charge in [-0.1, -0.05) is 54.6 Å². The molecule has 0 unspecified atom stereocenters. The number of rotatable bonds is 9. The average Bonchev–Trinajstić information content (AvgIpc) is 2.70. The molecule has 0 atom stereocenters. The summed E-state index contributed by atoms with van der Waals surface area (Å²) in [5.41, 5.74) is 0. The van der Waals surface area contributed by atoms with E-state index in [9.17, 15) is 0 Å². The van der Waals surface area contributed by atoms with Crippen molar-refractivity contribution in [3.63, 3.8) is 0 Å². The van der Waals surface area contributed by atoms with E-state index in [1.807, 2.05) is 91.0 Å². The molecule has 0 amide bonds. The molecule has 3 aromatic rings. The molecule has 3 rings (SSSR count). The molecule has 0 fully saturated rings. The zero-order valence-corrected chi connectivity index (χ0v) is 16.4. The Kier molecular flexibility index (Phi) is 8.19. The van der Waals surface area contributed by atoms with E-state index in [1.165, 1.54) is 36.1 Å². The van der Waals surface area contributed by atoms with E-state index < -0.39 is 8.60 Å². The van der Waals surface area contributed by atoms with Crippen molar-refractivity contribution in [1.29, 1.82) is 0 Å². The first-order valence-electron chi connectivity index (χ1n) is 7.39. The van der Waals surface area contributed by atoms with Gasteiger partial charge in [0.15, 0.2) is 0 Å². The Bertz CT molecular complexity index is 629. The van der Waals surface area contributed by atoms with Gasteiger partial charge >= 0.3 is 8.60 Å². The van der Waals surface area contributed by atoms with Gasteiger partial charge in [-0.15, -0.1) is 0 Å². The normalized spacial score (nSPS) is 10.9. The van der Waals surface area contributed by atoms with Crippen molar-refractivity contribution < 1.29 is 11.9 Å². The second kappa shape index (κ2) is 10.9. The van der Waals surface area contributed by atoms with Crippen LogP contribution < -0.4 is 0 Å². The summed E-state index contributed by atoms with van der Waals surface area (Å²) in [7, 11) is -1.54. The summed E-state index contributed by atoms with van der Waals surface area (Å²) >= 11 is 3.75. The highest BCUT2D eigenvalue weighted by molar-refractivity contribution is 8.03. The van der Waals surface area contributed by atoms with Crippen molar-refractivity contribution in [2.45, 2.75) is 14.7 Å². The molecule has 0 heterocycles. The Hall–Kier alpha value is -0.980. The van der Waals surface area contributed by atoms with Crippen molar-refractivity contribution in [1.82, 2.24) is 0 Å². The Morgan fingerprint density at radius 2 is 0.720 bits per heavy atom. The maximum Gasteiger partial charge on any atom is 0.370 e. The second-order valence-electron chi connectivity index (χ2n) is 4.64. The summed E-state index contributed by atoms with van der Waals surface area (Å²) in [6.07, 6.45) is 0. The zero-order valence-electron chi connectivity index (χ0n) is 13.1. The molecule has 0 spiro atoms. The average molecular weight is 406 g/mol. The van der Waals surface area contributed by atoms with E-state index >= 15 is 0 Å². The third-order valence-corrected chi connectivity index (χ3v) is 6.56. The van der Waals surface area contributed by atoms with Crippen LogP contribution in [0.15, 0.2) is 106 Å². The zero-order chi connectivity index (χ0) is 17.2. The number of benzene rings is 3. The molecule has 0 saturated heterocycles. The Balaban J connectivity index is 1.56. The molecule has 0 aliphatic carbocycles. The van der Waals surface area contributed by atoms with Crippen LogP contribution >= 0.6 is 44.7 Å². The maximum absolute atomic E-state index is 5.77. The van der Waals surface area contributed by atoms with Crippen LogP contribution in [0.2, 0.25) is 0 Å². The van der Waals surface area contributed by atoms with Gasteiger partial charge in [0.05, 0.1) is 0 Å². The molecular weight excluding hydrogens is 391 g/mol. The van der Waals surface area contributed by atoms with E-state index in [0.717, 1.165) is 14.7 Å². The number of hydrogen-bond acceptors (Lipinski definition) is 6. The van der Waals surface area contributed by atoms with Gasteiger partial charge < -0.3 is 0 Å². The highest BCUT2D eigenvalue weighted by Gasteiger charge is 2.17. The molecule has 25 heavy (non-hydrogen) atoms. The smallest absolute Gasteiger partial charge is 0.234 e. The van der Waals surface area contributed by atoms with Crippen LogP contribution in [0.5, 0.6) is 0 Å². The fraction of sp³-hybridized carbons (Fsp3) is 0. The van der Waals surface area contributed by atoms with E-state index in [-0.39, 0.29) is 0 Å². The predicted octanol–water partition coefficient (Wildman–Crippen LogP) is 7.39. The third-order valence-electron chi connectivity index (χ3n) is 2.81. The molecule has 0 bridgehead atoms. The topological polar surface area (TPSA) is 27.7 Å². The molecule has 3 aromatic carbocycles. The van der Waals surface area contributed by atoms with Crippen LogP contribution in [0, 0.1) is 0 Å². The SMILES string of the molecule is c1ccc(SOP(OSc2ccccc2)OSc2ccccc2)cc1. The van der Waals surface area contributed by atoms with Crippen LogP contribution in [0.1, 0.15) is 0 Å². The first-order valence-corrected chi connectivity index (χ1v) is 10.7. The lowest BCUT2D eigenvalue weighted by Gasteiger charge is -2.13. The van der Waals surface area contributed by atoms with E-state index in [4.69, 9.17) is 11.9 Å². The van der Waals surface area contributed by atoms with Crippen molar-refractivity contribution in [2.24, 2.45) is 0 Å². The lowest BCUT2D eigenvalue weighted by Crippen LogP contribution is -1.82. The molecule has 0 radical (unpaired) electrons. The molecule has 0 N–H and O–H groups in total. The van der Waals surface area contributed by atoms with E-state index in [1.54, 1.807) is 0 Å². The standard InChI is InChI=1S/C18H15O3PS3/c1-4-10-16(11-5-1)23-19-22(20-24-17-12-6-2-7-13-17)21-25-18-14-8-3-9-15-18/h1-15H. The minimum atomic E-state index is -1.54. The Morgan fingerprint density at radius 3 is 1.00 bits per heavy atom. The molecule has 0 aromatic heterocycles. The van der Waals surface area contributed by atoms with Gasteiger partial charge in [-0.3, -0.25) is 0 Å². The Labute approximate surface area is 162 Å². The third kappa shape index (κ3) is 7.04. The van der Waals surface area contributed by atoms with Gasteiger partial charge in [-0.05, 0) is 36.4 Å². The fourth-order valence-corrected chi connectivity index (χ4v) is 5.22. The summed E-state index contributed by atoms with van der Waals surface area (Å²) in [5.74, 6) is 0. The van der Waals surface area contributed by atoms with Crippen molar-refractivity contribution in [3.05, 3.63) is 91.0 Å². The van der Waals surface area contributed by atoms with Gasteiger partial charge in [0.2, 0.25) is 0 Å². The van der Waals surface area contributed by atoms with Crippen LogP contribution in [0.25, 0.3) is 0 Å². The van der Waals surface area contributed by atoms with Crippen LogP contribution in [0.4, 0.5) is 0 Å². The summed E-state index contributed by atoms with van der Waals surface area (Å²) in [6.45, 7) is 0. The lowest BCUT2D eigenvalue weighted by molar-refractivity contribution is 0.469.